The lowest BCUT2D eigenvalue weighted by molar-refractivity contribution is -0.133. The van der Waals surface area contributed by atoms with E-state index >= 15 is 0 Å². The first-order chi connectivity index (χ1) is 13.0. The van der Waals surface area contributed by atoms with Crippen LogP contribution in [-0.2, 0) is 4.79 Å². The van der Waals surface area contributed by atoms with Crippen molar-refractivity contribution in [2.24, 2.45) is 5.92 Å². The highest BCUT2D eigenvalue weighted by Gasteiger charge is 2.44. The molecule has 4 rings (SSSR count). The molecule has 1 aliphatic rings. The van der Waals surface area contributed by atoms with Crippen LogP contribution < -0.4 is 0 Å². The second kappa shape index (κ2) is 7.18. The highest BCUT2D eigenvalue weighted by molar-refractivity contribution is 7.15. The Morgan fingerprint density at radius 3 is 2.44 bits per heavy atom. The minimum Gasteiger partial charge on any atom is -0.508 e. The standard InChI is InChI=1S/C22H21NO3S/c1-23-13-17(14-5-3-2-4-6-14)20(22(23)26)21(25)19-12-11-18(27-19)15-7-9-16(24)10-8-15/h2-12,17,20-21,24-25H,13H2,1H3. The number of aliphatic hydroxyl groups is 1. The van der Waals surface area contributed by atoms with Gasteiger partial charge < -0.3 is 15.1 Å². The number of likely N-dealkylation sites (tertiary alicyclic amines) is 1. The summed E-state index contributed by atoms with van der Waals surface area (Å²) >= 11 is 1.48. The van der Waals surface area contributed by atoms with Crippen molar-refractivity contribution in [2.75, 3.05) is 13.6 Å². The van der Waals surface area contributed by atoms with Gasteiger partial charge in [0.15, 0.2) is 0 Å². The van der Waals surface area contributed by atoms with Crippen LogP contribution in [0.25, 0.3) is 10.4 Å². The van der Waals surface area contributed by atoms with Crippen molar-refractivity contribution in [1.29, 1.82) is 0 Å². The summed E-state index contributed by atoms with van der Waals surface area (Å²) in [4.78, 5) is 16.3. The number of thiophene rings is 1. The third-order valence-corrected chi connectivity index (χ3v) is 6.41. The smallest absolute Gasteiger partial charge is 0.229 e. The van der Waals surface area contributed by atoms with E-state index in [4.69, 9.17) is 0 Å². The van der Waals surface area contributed by atoms with E-state index in [1.165, 1.54) is 11.3 Å². The number of rotatable bonds is 4. The maximum Gasteiger partial charge on any atom is 0.229 e. The average Bonchev–Trinajstić information content (AvgIpc) is 3.28. The summed E-state index contributed by atoms with van der Waals surface area (Å²) in [6.07, 6.45) is -0.844. The van der Waals surface area contributed by atoms with E-state index < -0.39 is 12.0 Å². The lowest BCUT2D eigenvalue weighted by Gasteiger charge is -2.21. The first-order valence-electron chi connectivity index (χ1n) is 8.91. The molecule has 1 amide bonds. The number of carbonyl (C=O) groups excluding carboxylic acids is 1. The van der Waals surface area contributed by atoms with E-state index in [1.807, 2.05) is 54.6 Å². The number of amides is 1. The quantitative estimate of drug-likeness (QED) is 0.720. The third kappa shape index (κ3) is 3.36. The molecule has 0 aliphatic carbocycles. The molecule has 1 fully saturated rings. The largest absolute Gasteiger partial charge is 0.508 e. The Hall–Kier alpha value is -2.63. The van der Waals surface area contributed by atoms with Crippen LogP contribution in [0, 0.1) is 5.92 Å². The molecule has 138 valence electrons. The number of benzene rings is 2. The van der Waals surface area contributed by atoms with Gasteiger partial charge in [-0.2, -0.15) is 0 Å². The number of hydrogen-bond acceptors (Lipinski definition) is 4. The average molecular weight is 379 g/mol. The Balaban J connectivity index is 1.63. The van der Waals surface area contributed by atoms with Gasteiger partial charge in [0.2, 0.25) is 5.91 Å². The second-order valence-corrected chi connectivity index (χ2v) is 8.07. The van der Waals surface area contributed by atoms with E-state index in [0.717, 1.165) is 20.9 Å². The van der Waals surface area contributed by atoms with Gasteiger partial charge in [0.1, 0.15) is 11.9 Å². The molecule has 1 saturated heterocycles. The maximum atomic E-state index is 12.8. The van der Waals surface area contributed by atoms with E-state index in [0.29, 0.717) is 6.54 Å². The summed E-state index contributed by atoms with van der Waals surface area (Å²) in [6, 6.07) is 20.8. The van der Waals surface area contributed by atoms with Gasteiger partial charge in [0.25, 0.3) is 0 Å². The lowest BCUT2D eigenvalue weighted by Crippen LogP contribution is -2.26. The van der Waals surface area contributed by atoms with Crippen molar-refractivity contribution in [3.63, 3.8) is 0 Å². The number of aliphatic hydroxyl groups excluding tert-OH is 1. The Morgan fingerprint density at radius 1 is 1.04 bits per heavy atom. The molecule has 27 heavy (non-hydrogen) atoms. The number of likely N-dealkylation sites (N-methyl/N-ethyl adjacent to an activating group) is 1. The molecule has 4 nitrogen and oxygen atoms in total. The Labute approximate surface area is 162 Å². The fraction of sp³-hybridized carbons (Fsp3) is 0.227. The molecule has 5 heteroatoms. The lowest BCUT2D eigenvalue weighted by atomic mass is 9.84. The molecule has 3 atom stereocenters. The van der Waals surface area contributed by atoms with Crippen molar-refractivity contribution in [2.45, 2.75) is 12.0 Å². The van der Waals surface area contributed by atoms with Crippen molar-refractivity contribution in [3.8, 4) is 16.2 Å². The number of phenolic OH excluding ortho intramolecular Hbond substituents is 1. The van der Waals surface area contributed by atoms with E-state index in [9.17, 15) is 15.0 Å². The maximum absolute atomic E-state index is 12.8. The molecule has 0 bridgehead atoms. The first kappa shape index (κ1) is 17.8. The zero-order valence-electron chi connectivity index (χ0n) is 14.9. The molecular weight excluding hydrogens is 358 g/mol. The van der Waals surface area contributed by atoms with Crippen molar-refractivity contribution in [3.05, 3.63) is 77.2 Å². The molecular formula is C22H21NO3S. The fourth-order valence-electron chi connectivity index (χ4n) is 3.76. The minimum atomic E-state index is -0.844. The normalized spacial score (nSPS) is 20.8. The van der Waals surface area contributed by atoms with Crippen LogP contribution in [0.5, 0.6) is 5.75 Å². The van der Waals surface area contributed by atoms with Crippen molar-refractivity contribution >= 4 is 17.2 Å². The number of nitrogens with zero attached hydrogens (tertiary/aromatic N) is 1. The molecule has 2 aromatic carbocycles. The van der Waals surface area contributed by atoms with Crippen LogP contribution in [0.15, 0.2) is 66.7 Å². The van der Waals surface area contributed by atoms with E-state index in [-0.39, 0.29) is 17.6 Å². The number of hydrogen-bond donors (Lipinski definition) is 2. The zero-order chi connectivity index (χ0) is 19.0. The monoisotopic (exact) mass is 379 g/mol. The summed E-state index contributed by atoms with van der Waals surface area (Å²) in [5, 5.41) is 20.5. The van der Waals surface area contributed by atoms with Gasteiger partial charge in [-0.05, 0) is 47.5 Å². The van der Waals surface area contributed by atoms with Crippen LogP contribution in [0.4, 0.5) is 0 Å². The van der Waals surface area contributed by atoms with Gasteiger partial charge in [-0.1, -0.05) is 30.3 Å². The molecule has 3 aromatic rings. The highest BCUT2D eigenvalue weighted by Crippen LogP contribution is 2.43. The fourth-order valence-corrected chi connectivity index (χ4v) is 4.81. The van der Waals surface area contributed by atoms with Crippen molar-refractivity contribution < 1.29 is 15.0 Å². The predicted molar refractivity (Wildman–Crippen MR) is 107 cm³/mol. The Kier molecular flexibility index (Phi) is 4.72. The van der Waals surface area contributed by atoms with Gasteiger partial charge in [0, 0.05) is 29.3 Å². The van der Waals surface area contributed by atoms with Gasteiger partial charge in [0.05, 0.1) is 5.92 Å². The molecule has 0 saturated carbocycles. The summed E-state index contributed by atoms with van der Waals surface area (Å²) in [5.41, 5.74) is 2.06. The summed E-state index contributed by atoms with van der Waals surface area (Å²) in [7, 11) is 1.79. The summed E-state index contributed by atoms with van der Waals surface area (Å²) in [6.45, 7) is 0.612. The summed E-state index contributed by atoms with van der Waals surface area (Å²) < 4.78 is 0. The third-order valence-electron chi connectivity index (χ3n) is 5.20. The molecule has 2 N–H and O–H groups in total. The van der Waals surface area contributed by atoms with E-state index in [2.05, 4.69) is 0 Å². The number of phenols is 1. The Bertz CT molecular complexity index is 936. The predicted octanol–water partition coefficient (Wildman–Crippen LogP) is 4.03. The topological polar surface area (TPSA) is 60.8 Å². The molecule has 1 aromatic heterocycles. The second-order valence-electron chi connectivity index (χ2n) is 6.96. The van der Waals surface area contributed by atoms with Gasteiger partial charge in [-0.25, -0.2) is 0 Å². The van der Waals surface area contributed by atoms with Crippen LogP contribution in [0.3, 0.4) is 0 Å². The highest BCUT2D eigenvalue weighted by atomic mass is 32.1. The first-order valence-corrected chi connectivity index (χ1v) is 9.73. The molecule has 0 spiro atoms. The van der Waals surface area contributed by atoms with Crippen LogP contribution in [0.2, 0.25) is 0 Å². The van der Waals surface area contributed by atoms with E-state index in [1.54, 1.807) is 24.1 Å². The van der Waals surface area contributed by atoms with Gasteiger partial charge in [-0.15, -0.1) is 11.3 Å². The summed E-state index contributed by atoms with van der Waals surface area (Å²) in [5.74, 6) is -0.307. The number of aromatic hydroxyl groups is 1. The Morgan fingerprint density at radius 2 is 1.74 bits per heavy atom. The number of carbonyl (C=O) groups is 1. The molecule has 1 aliphatic heterocycles. The zero-order valence-corrected chi connectivity index (χ0v) is 15.8. The van der Waals surface area contributed by atoms with Crippen LogP contribution >= 0.6 is 11.3 Å². The molecule has 2 heterocycles. The minimum absolute atomic E-state index is 0.0177. The van der Waals surface area contributed by atoms with Crippen molar-refractivity contribution in [1.82, 2.24) is 4.90 Å². The van der Waals surface area contributed by atoms with Gasteiger partial charge in [-0.3, -0.25) is 4.79 Å². The SMILES string of the molecule is CN1CC(c2ccccc2)C(C(O)c2ccc(-c3ccc(O)cc3)s2)C1=O. The molecule has 3 unspecified atom stereocenters. The van der Waals surface area contributed by atoms with Crippen LogP contribution in [0.1, 0.15) is 22.5 Å². The van der Waals surface area contributed by atoms with Crippen LogP contribution in [-0.4, -0.2) is 34.6 Å². The van der Waals surface area contributed by atoms with Gasteiger partial charge >= 0.3 is 0 Å². The molecule has 0 radical (unpaired) electrons.